The van der Waals surface area contributed by atoms with Crippen LogP contribution in [0.2, 0.25) is 0 Å². The van der Waals surface area contributed by atoms with Gasteiger partial charge in [-0.05, 0) is 70.2 Å². The van der Waals surface area contributed by atoms with Crippen LogP contribution in [0.25, 0.3) is 0 Å². The summed E-state index contributed by atoms with van der Waals surface area (Å²) >= 11 is 12.1. The summed E-state index contributed by atoms with van der Waals surface area (Å²) in [6, 6.07) is 0. The van der Waals surface area contributed by atoms with Crippen LogP contribution < -0.4 is 0 Å². The molecule has 0 bridgehead atoms. The third-order valence-corrected chi connectivity index (χ3v) is 4.49. The second kappa shape index (κ2) is 16.3. The Morgan fingerprint density at radius 3 is 1.57 bits per heavy atom. The highest BCUT2D eigenvalue weighted by Crippen LogP contribution is 2.08. The van der Waals surface area contributed by atoms with Gasteiger partial charge in [-0.2, -0.15) is 0 Å². The fourth-order valence-corrected chi connectivity index (χ4v) is 2.12. The van der Waals surface area contributed by atoms with Crippen molar-refractivity contribution in [3.05, 3.63) is 0 Å². The molecule has 2 unspecified atom stereocenters. The third kappa shape index (κ3) is 16.1. The van der Waals surface area contributed by atoms with Gasteiger partial charge in [0.1, 0.15) is 0 Å². The van der Waals surface area contributed by atoms with Crippen molar-refractivity contribution >= 4 is 35.6 Å². The van der Waals surface area contributed by atoms with E-state index in [2.05, 4.69) is 23.8 Å². The van der Waals surface area contributed by atoms with Crippen molar-refractivity contribution in [3.8, 4) is 0 Å². The van der Waals surface area contributed by atoms with Gasteiger partial charge >= 0.3 is 0 Å². The fraction of sp³-hybridized carbons (Fsp3) is 0.882. The first-order chi connectivity index (χ1) is 10.2. The summed E-state index contributed by atoms with van der Waals surface area (Å²) < 4.78 is 0. The number of nitrogens with zero attached hydrogens (tertiary/aromatic N) is 2. The van der Waals surface area contributed by atoms with Gasteiger partial charge in [-0.1, -0.05) is 13.8 Å². The monoisotopic (exact) mass is 334 g/mol. The second-order valence-electron chi connectivity index (χ2n) is 5.40. The smallest absolute Gasteiger partial charge is 0.0385 e. The van der Waals surface area contributed by atoms with E-state index in [9.17, 15) is 0 Å². The highest BCUT2D eigenvalue weighted by molar-refractivity contribution is 6.20. The average Bonchev–Trinajstić information content (AvgIpc) is 2.51. The Kier molecular flexibility index (Phi) is 16.2. The van der Waals surface area contributed by atoms with E-state index < -0.39 is 0 Å². The lowest BCUT2D eigenvalue weighted by Crippen LogP contribution is -1.96. The molecular weight excluding hydrogens is 303 g/mol. The Labute approximate surface area is 141 Å². The molecule has 0 heterocycles. The van der Waals surface area contributed by atoms with E-state index in [0.717, 1.165) is 64.5 Å². The lowest BCUT2D eigenvalue weighted by atomic mass is 10.2. The van der Waals surface area contributed by atoms with Crippen LogP contribution in [-0.4, -0.2) is 36.3 Å². The van der Waals surface area contributed by atoms with Gasteiger partial charge in [0, 0.05) is 23.8 Å². The standard InChI is InChI=1S/C17H32Cl2N2/c1-3-16(18)10-8-14-20-12-6-5-7-13-21-15-9-11-17(19)4-2/h14-17H,3-13H2,1-2H3. The molecule has 0 amide bonds. The largest absolute Gasteiger partial charge is 0.298 e. The number of hydrogen-bond donors (Lipinski definition) is 0. The van der Waals surface area contributed by atoms with Gasteiger partial charge in [0.05, 0.1) is 0 Å². The van der Waals surface area contributed by atoms with Crippen molar-refractivity contribution in [3.63, 3.8) is 0 Å². The molecule has 0 aromatic carbocycles. The number of unbranched alkanes of at least 4 members (excludes halogenated alkanes) is 2. The first-order valence-corrected chi connectivity index (χ1v) is 9.32. The van der Waals surface area contributed by atoms with E-state index in [1.807, 2.05) is 12.4 Å². The number of aliphatic imine (C=N–C) groups is 2. The van der Waals surface area contributed by atoms with Crippen molar-refractivity contribution in [2.75, 3.05) is 13.1 Å². The highest BCUT2D eigenvalue weighted by atomic mass is 35.5. The Morgan fingerprint density at radius 1 is 0.762 bits per heavy atom. The van der Waals surface area contributed by atoms with Crippen molar-refractivity contribution in [2.45, 2.75) is 82.4 Å². The van der Waals surface area contributed by atoms with Gasteiger partial charge in [0.15, 0.2) is 0 Å². The Morgan fingerprint density at radius 2 is 1.19 bits per heavy atom. The summed E-state index contributed by atoms with van der Waals surface area (Å²) in [7, 11) is 0. The summed E-state index contributed by atoms with van der Waals surface area (Å²) in [5.41, 5.74) is 0. The second-order valence-corrected chi connectivity index (χ2v) is 6.64. The molecule has 21 heavy (non-hydrogen) atoms. The summed E-state index contributed by atoms with van der Waals surface area (Å²) in [5.74, 6) is 0. The SMILES string of the molecule is CCC(Cl)CCC=NCCCCCN=CCCC(Cl)CC. The Hall–Kier alpha value is -0.0800. The highest BCUT2D eigenvalue weighted by Gasteiger charge is 1.98. The van der Waals surface area contributed by atoms with Gasteiger partial charge in [0.25, 0.3) is 0 Å². The molecular formula is C17H32Cl2N2. The van der Waals surface area contributed by atoms with Crippen LogP contribution in [0.3, 0.4) is 0 Å². The first kappa shape index (κ1) is 20.9. The predicted octanol–water partition coefficient (Wildman–Crippen LogP) is 5.89. The van der Waals surface area contributed by atoms with Gasteiger partial charge in [-0.25, -0.2) is 0 Å². The molecule has 0 N–H and O–H groups in total. The third-order valence-electron chi connectivity index (χ3n) is 3.44. The van der Waals surface area contributed by atoms with Crippen LogP contribution in [-0.2, 0) is 0 Å². The quantitative estimate of drug-likeness (QED) is 0.215. The molecule has 0 aliphatic heterocycles. The normalized spacial score (nSPS) is 15.0. The number of rotatable bonds is 14. The molecule has 0 spiro atoms. The zero-order valence-corrected chi connectivity index (χ0v) is 15.2. The van der Waals surface area contributed by atoms with Gasteiger partial charge < -0.3 is 0 Å². The van der Waals surface area contributed by atoms with Gasteiger partial charge in [-0.15, -0.1) is 23.2 Å². The lowest BCUT2D eigenvalue weighted by Gasteiger charge is -2.02. The minimum absolute atomic E-state index is 0.306. The first-order valence-electron chi connectivity index (χ1n) is 8.45. The Bertz CT molecular complexity index is 242. The van der Waals surface area contributed by atoms with E-state index in [-0.39, 0.29) is 0 Å². The minimum Gasteiger partial charge on any atom is -0.298 e. The molecule has 2 atom stereocenters. The van der Waals surface area contributed by atoms with E-state index in [0.29, 0.717) is 10.8 Å². The average molecular weight is 335 g/mol. The van der Waals surface area contributed by atoms with Crippen LogP contribution in [0.15, 0.2) is 9.98 Å². The van der Waals surface area contributed by atoms with E-state index in [1.54, 1.807) is 0 Å². The Balaban J connectivity index is 3.25. The molecule has 0 aromatic heterocycles. The summed E-state index contributed by atoms with van der Waals surface area (Å²) in [6.45, 7) is 6.12. The zero-order chi connectivity index (χ0) is 15.8. The van der Waals surface area contributed by atoms with Crippen molar-refractivity contribution in [1.82, 2.24) is 0 Å². The van der Waals surface area contributed by atoms with Crippen LogP contribution >= 0.6 is 23.2 Å². The van der Waals surface area contributed by atoms with E-state index in [1.165, 1.54) is 6.42 Å². The van der Waals surface area contributed by atoms with Crippen molar-refractivity contribution < 1.29 is 0 Å². The molecule has 0 aliphatic rings. The summed E-state index contributed by atoms with van der Waals surface area (Å²) in [6.07, 6.45) is 13.7. The van der Waals surface area contributed by atoms with Gasteiger partial charge in [-0.3, -0.25) is 9.98 Å². The van der Waals surface area contributed by atoms with Crippen LogP contribution in [0.4, 0.5) is 0 Å². The van der Waals surface area contributed by atoms with Crippen LogP contribution in [0.1, 0.15) is 71.6 Å². The number of halogens is 2. The maximum atomic E-state index is 6.04. The van der Waals surface area contributed by atoms with Crippen molar-refractivity contribution in [1.29, 1.82) is 0 Å². The van der Waals surface area contributed by atoms with Crippen molar-refractivity contribution in [2.24, 2.45) is 9.98 Å². The molecule has 0 aromatic rings. The van der Waals surface area contributed by atoms with Gasteiger partial charge in [0.2, 0.25) is 0 Å². The minimum atomic E-state index is 0.306. The molecule has 2 nitrogen and oxygen atoms in total. The molecule has 0 radical (unpaired) electrons. The molecule has 4 heteroatoms. The van der Waals surface area contributed by atoms with E-state index >= 15 is 0 Å². The summed E-state index contributed by atoms with van der Waals surface area (Å²) in [5, 5.41) is 0.612. The van der Waals surface area contributed by atoms with E-state index in [4.69, 9.17) is 23.2 Å². The van der Waals surface area contributed by atoms with Crippen LogP contribution in [0, 0.1) is 0 Å². The molecule has 0 saturated carbocycles. The summed E-state index contributed by atoms with van der Waals surface area (Å²) in [4.78, 5) is 8.83. The maximum Gasteiger partial charge on any atom is 0.0385 e. The zero-order valence-electron chi connectivity index (χ0n) is 13.7. The predicted molar refractivity (Wildman–Crippen MR) is 98.9 cm³/mol. The molecule has 0 saturated heterocycles. The molecule has 124 valence electrons. The fourth-order valence-electron chi connectivity index (χ4n) is 1.87. The number of hydrogen-bond acceptors (Lipinski definition) is 2. The maximum absolute atomic E-state index is 6.04. The molecule has 0 aliphatic carbocycles. The number of alkyl halides is 2. The molecule has 0 rings (SSSR count). The lowest BCUT2D eigenvalue weighted by molar-refractivity contribution is 0.694. The van der Waals surface area contributed by atoms with Crippen LogP contribution in [0.5, 0.6) is 0 Å². The molecule has 0 fully saturated rings. The topological polar surface area (TPSA) is 24.7 Å².